The van der Waals surface area contributed by atoms with Gasteiger partial charge < -0.3 is 14.4 Å². The zero-order chi connectivity index (χ0) is 16.1. The van der Waals surface area contributed by atoms with Gasteiger partial charge in [-0.1, -0.05) is 0 Å². The highest BCUT2D eigenvalue weighted by Crippen LogP contribution is 2.24. The maximum Gasteiger partial charge on any atom is 0.227 e. The normalized spacial score (nSPS) is 25.9. The Labute approximate surface area is 142 Å². The molecule has 2 atom stereocenters. The molecule has 0 radical (unpaired) electrons. The predicted octanol–water partition coefficient (Wildman–Crippen LogP) is 1.49. The summed E-state index contributed by atoms with van der Waals surface area (Å²) >= 11 is 1.64. The molecule has 0 aromatic carbocycles. The molecule has 1 aromatic heterocycles. The number of piperidine rings is 1. The van der Waals surface area contributed by atoms with Gasteiger partial charge in [-0.25, -0.2) is 0 Å². The van der Waals surface area contributed by atoms with Crippen molar-refractivity contribution >= 4 is 17.2 Å². The number of likely N-dealkylation sites (tertiary alicyclic amines) is 1. The van der Waals surface area contributed by atoms with E-state index in [0.29, 0.717) is 12.3 Å². The molecule has 23 heavy (non-hydrogen) atoms. The van der Waals surface area contributed by atoms with Crippen molar-refractivity contribution in [3.63, 3.8) is 0 Å². The number of carbonyl (C=O) groups excluding carboxylic acids is 1. The molecule has 3 rings (SSSR count). The molecule has 6 heteroatoms. The first kappa shape index (κ1) is 16.9. The number of nitrogens with zero attached hydrogens (tertiary/aromatic N) is 2. The Bertz CT molecular complexity index is 494. The lowest BCUT2D eigenvalue weighted by atomic mass is 9.93. The summed E-state index contributed by atoms with van der Waals surface area (Å²) < 4.78 is 11.2. The van der Waals surface area contributed by atoms with Crippen LogP contribution >= 0.6 is 11.3 Å². The number of amides is 1. The summed E-state index contributed by atoms with van der Waals surface area (Å²) in [4.78, 5) is 16.9. The number of hydrogen-bond donors (Lipinski definition) is 0. The fourth-order valence-corrected chi connectivity index (χ4v) is 4.12. The first-order chi connectivity index (χ1) is 11.3. The fourth-order valence-electron chi connectivity index (χ4n) is 3.45. The van der Waals surface area contributed by atoms with Crippen LogP contribution in [-0.4, -0.2) is 74.9 Å². The van der Waals surface area contributed by atoms with E-state index in [4.69, 9.17) is 9.47 Å². The SMILES string of the molecule is COCCN1CCO[C@H]2CN(C(=O)Cc3ccsc3)CC[C@H]2C1. The number of carbonyl (C=O) groups is 1. The summed E-state index contributed by atoms with van der Waals surface area (Å²) in [6.45, 7) is 6.08. The third-order valence-electron chi connectivity index (χ3n) is 4.83. The Hall–Kier alpha value is -0.950. The molecule has 1 amide bonds. The van der Waals surface area contributed by atoms with Gasteiger partial charge in [0.2, 0.25) is 5.91 Å². The number of rotatable bonds is 5. The van der Waals surface area contributed by atoms with E-state index in [2.05, 4.69) is 10.3 Å². The minimum atomic E-state index is 0.183. The Kier molecular flexibility index (Phi) is 6.05. The molecular weight excluding hydrogens is 312 g/mol. The zero-order valence-corrected chi connectivity index (χ0v) is 14.6. The number of thiophene rings is 1. The van der Waals surface area contributed by atoms with Crippen molar-refractivity contribution in [1.82, 2.24) is 9.80 Å². The molecule has 0 unspecified atom stereocenters. The van der Waals surface area contributed by atoms with Crippen molar-refractivity contribution in [2.75, 3.05) is 53.0 Å². The largest absolute Gasteiger partial charge is 0.383 e. The molecule has 2 saturated heterocycles. The Balaban J connectivity index is 1.53. The maximum atomic E-state index is 12.5. The molecule has 5 nitrogen and oxygen atoms in total. The lowest BCUT2D eigenvalue weighted by molar-refractivity contribution is -0.136. The highest BCUT2D eigenvalue weighted by molar-refractivity contribution is 7.07. The molecule has 0 bridgehead atoms. The third kappa shape index (κ3) is 4.53. The maximum absolute atomic E-state index is 12.5. The number of fused-ring (bicyclic) bond motifs is 1. The van der Waals surface area contributed by atoms with E-state index in [-0.39, 0.29) is 12.0 Å². The molecule has 2 aliphatic rings. The highest BCUT2D eigenvalue weighted by Gasteiger charge is 2.34. The quantitative estimate of drug-likeness (QED) is 0.816. The standard InChI is InChI=1S/C17H26N2O3S/c1-21-7-5-18-6-8-22-16-12-19(4-2-15(16)11-18)17(20)10-14-3-9-23-13-14/h3,9,13,15-16H,2,4-8,10-12H2,1H3/t15-,16-/m0/s1. The van der Waals surface area contributed by atoms with Crippen LogP contribution in [0, 0.1) is 5.92 Å². The monoisotopic (exact) mass is 338 g/mol. The number of ether oxygens (including phenoxy) is 2. The van der Waals surface area contributed by atoms with Crippen molar-refractivity contribution < 1.29 is 14.3 Å². The highest BCUT2D eigenvalue weighted by atomic mass is 32.1. The van der Waals surface area contributed by atoms with Gasteiger partial charge in [0, 0.05) is 45.8 Å². The van der Waals surface area contributed by atoms with Crippen molar-refractivity contribution in [1.29, 1.82) is 0 Å². The second-order valence-electron chi connectivity index (χ2n) is 6.40. The fraction of sp³-hybridized carbons (Fsp3) is 0.706. The topological polar surface area (TPSA) is 42.0 Å². The molecule has 0 spiro atoms. The lowest BCUT2D eigenvalue weighted by Gasteiger charge is -2.38. The van der Waals surface area contributed by atoms with E-state index in [9.17, 15) is 4.79 Å². The summed E-state index contributed by atoms with van der Waals surface area (Å²) in [6, 6.07) is 2.03. The van der Waals surface area contributed by atoms with Crippen molar-refractivity contribution in [2.24, 2.45) is 5.92 Å². The summed E-state index contributed by atoms with van der Waals surface area (Å²) in [5.41, 5.74) is 1.12. The molecule has 3 heterocycles. The number of methoxy groups -OCH3 is 1. The summed E-state index contributed by atoms with van der Waals surface area (Å²) in [5.74, 6) is 0.755. The second kappa shape index (κ2) is 8.24. The van der Waals surface area contributed by atoms with Crippen LogP contribution in [-0.2, 0) is 20.7 Å². The molecule has 0 aliphatic carbocycles. The number of hydrogen-bond acceptors (Lipinski definition) is 5. The molecular formula is C17H26N2O3S. The van der Waals surface area contributed by atoms with E-state index >= 15 is 0 Å². The predicted molar refractivity (Wildman–Crippen MR) is 90.8 cm³/mol. The Morgan fingerprint density at radius 1 is 1.43 bits per heavy atom. The van der Waals surface area contributed by atoms with Crippen molar-refractivity contribution in [3.8, 4) is 0 Å². The van der Waals surface area contributed by atoms with Gasteiger partial charge >= 0.3 is 0 Å². The van der Waals surface area contributed by atoms with Crippen LogP contribution in [0.5, 0.6) is 0 Å². The van der Waals surface area contributed by atoms with Crippen molar-refractivity contribution in [2.45, 2.75) is 18.9 Å². The lowest BCUT2D eigenvalue weighted by Crippen LogP contribution is -2.49. The van der Waals surface area contributed by atoms with Crippen LogP contribution < -0.4 is 0 Å². The summed E-state index contributed by atoms with van der Waals surface area (Å²) in [5, 5.41) is 4.08. The van der Waals surface area contributed by atoms with Crippen LogP contribution in [0.3, 0.4) is 0 Å². The van der Waals surface area contributed by atoms with Gasteiger partial charge in [-0.05, 0) is 28.8 Å². The third-order valence-corrected chi connectivity index (χ3v) is 5.56. The van der Waals surface area contributed by atoms with Crippen LogP contribution in [0.2, 0.25) is 0 Å². The molecule has 1 aromatic rings. The van der Waals surface area contributed by atoms with E-state index in [1.54, 1.807) is 18.4 Å². The minimum absolute atomic E-state index is 0.183. The summed E-state index contributed by atoms with van der Waals surface area (Å²) in [6.07, 6.45) is 1.73. The average Bonchev–Trinajstić information content (AvgIpc) is 2.97. The van der Waals surface area contributed by atoms with Crippen LogP contribution in [0.25, 0.3) is 0 Å². The van der Waals surface area contributed by atoms with E-state index < -0.39 is 0 Å². The van der Waals surface area contributed by atoms with Crippen LogP contribution in [0.4, 0.5) is 0 Å². The van der Waals surface area contributed by atoms with Gasteiger partial charge in [-0.15, -0.1) is 0 Å². The molecule has 128 valence electrons. The van der Waals surface area contributed by atoms with Gasteiger partial charge in [0.05, 0.1) is 25.7 Å². The van der Waals surface area contributed by atoms with Gasteiger partial charge in [0.25, 0.3) is 0 Å². The minimum Gasteiger partial charge on any atom is -0.383 e. The van der Waals surface area contributed by atoms with Gasteiger partial charge in [-0.3, -0.25) is 9.69 Å². The van der Waals surface area contributed by atoms with E-state index in [0.717, 1.165) is 57.9 Å². The average molecular weight is 338 g/mol. The Morgan fingerprint density at radius 2 is 2.35 bits per heavy atom. The Morgan fingerprint density at radius 3 is 3.13 bits per heavy atom. The zero-order valence-electron chi connectivity index (χ0n) is 13.8. The van der Waals surface area contributed by atoms with Crippen LogP contribution in [0.15, 0.2) is 16.8 Å². The van der Waals surface area contributed by atoms with Gasteiger partial charge in [0.15, 0.2) is 0 Å². The molecule has 0 N–H and O–H groups in total. The van der Waals surface area contributed by atoms with Crippen molar-refractivity contribution in [3.05, 3.63) is 22.4 Å². The van der Waals surface area contributed by atoms with Gasteiger partial charge in [-0.2, -0.15) is 11.3 Å². The second-order valence-corrected chi connectivity index (χ2v) is 7.18. The molecule has 0 saturated carbocycles. The van der Waals surface area contributed by atoms with E-state index in [1.807, 2.05) is 16.3 Å². The summed E-state index contributed by atoms with van der Waals surface area (Å²) in [7, 11) is 1.74. The first-order valence-corrected chi connectivity index (χ1v) is 9.32. The van der Waals surface area contributed by atoms with Gasteiger partial charge in [0.1, 0.15) is 0 Å². The molecule has 2 fully saturated rings. The smallest absolute Gasteiger partial charge is 0.227 e. The molecule has 2 aliphatic heterocycles. The van der Waals surface area contributed by atoms with E-state index in [1.165, 1.54) is 0 Å². The van der Waals surface area contributed by atoms with Crippen LogP contribution in [0.1, 0.15) is 12.0 Å². The first-order valence-electron chi connectivity index (χ1n) is 8.38.